The summed E-state index contributed by atoms with van der Waals surface area (Å²) < 4.78 is 10.2. The van der Waals surface area contributed by atoms with Crippen molar-refractivity contribution >= 4 is 29.5 Å². The molecule has 0 aliphatic carbocycles. The maximum absolute atomic E-state index is 11.8. The van der Waals surface area contributed by atoms with Crippen LogP contribution in [0.3, 0.4) is 0 Å². The number of nitrogens with zero attached hydrogens (tertiary/aromatic N) is 1. The molecule has 1 aromatic rings. The van der Waals surface area contributed by atoms with Gasteiger partial charge < -0.3 is 14.8 Å². The zero-order valence-corrected chi connectivity index (χ0v) is 12.6. The van der Waals surface area contributed by atoms with Crippen molar-refractivity contribution in [3.05, 3.63) is 29.3 Å². The van der Waals surface area contributed by atoms with Crippen molar-refractivity contribution in [2.75, 3.05) is 19.7 Å². The second-order valence-corrected chi connectivity index (χ2v) is 5.04. The first-order chi connectivity index (χ1) is 10.5. The maximum Gasteiger partial charge on any atom is 0.347 e. The molecule has 1 N–H and O–H groups in total. The molecule has 0 spiro atoms. The van der Waals surface area contributed by atoms with Gasteiger partial charge in [0.2, 0.25) is 0 Å². The topological polar surface area (TPSA) is 84.9 Å². The molecule has 1 atom stereocenters. The Balaban J connectivity index is 1.81. The number of hydrogen-bond donors (Lipinski definition) is 1. The predicted molar refractivity (Wildman–Crippen MR) is 77.6 cm³/mol. The van der Waals surface area contributed by atoms with Crippen LogP contribution in [0, 0.1) is 0 Å². The van der Waals surface area contributed by atoms with Crippen LogP contribution in [0.5, 0.6) is 5.75 Å². The molecule has 1 aromatic carbocycles. The standard InChI is InChI=1S/C14H15ClN2O5/c1-9(22-11-4-2-3-10(15)7-11)13(19)21-8-12(18)17-6-5-16-14(17)20/h2-4,7,9H,5-6,8H2,1H3,(H,16,20)/t9-/m0/s1. The highest BCUT2D eigenvalue weighted by molar-refractivity contribution is 6.30. The maximum atomic E-state index is 11.8. The number of urea groups is 1. The van der Waals surface area contributed by atoms with E-state index in [2.05, 4.69) is 5.32 Å². The molecule has 2 rings (SSSR count). The highest BCUT2D eigenvalue weighted by Crippen LogP contribution is 2.18. The fourth-order valence-corrected chi connectivity index (χ4v) is 2.01. The highest BCUT2D eigenvalue weighted by atomic mass is 35.5. The van der Waals surface area contributed by atoms with E-state index in [0.717, 1.165) is 4.90 Å². The molecule has 0 bridgehead atoms. The molecule has 1 heterocycles. The Hall–Kier alpha value is -2.28. The lowest BCUT2D eigenvalue weighted by Crippen LogP contribution is -2.38. The lowest BCUT2D eigenvalue weighted by molar-refractivity contribution is -0.156. The number of nitrogens with one attached hydrogen (secondary N) is 1. The fraction of sp³-hybridized carbons (Fsp3) is 0.357. The van der Waals surface area contributed by atoms with E-state index in [9.17, 15) is 14.4 Å². The van der Waals surface area contributed by atoms with Gasteiger partial charge in [-0.05, 0) is 25.1 Å². The average Bonchev–Trinajstić information content (AvgIpc) is 2.90. The van der Waals surface area contributed by atoms with Gasteiger partial charge >= 0.3 is 12.0 Å². The molecular weight excluding hydrogens is 312 g/mol. The smallest absolute Gasteiger partial charge is 0.347 e. The number of carbonyl (C=O) groups excluding carboxylic acids is 3. The summed E-state index contributed by atoms with van der Waals surface area (Å²) in [4.78, 5) is 35.8. The summed E-state index contributed by atoms with van der Waals surface area (Å²) in [6.07, 6.45) is -0.904. The van der Waals surface area contributed by atoms with Gasteiger partial charge in [-0.25, -0.2) is 9.59 Å². The number of hydrogen-bond acceptors (Lipinski definition) is 5. The normalized spacial score (nSPS) is 15.2. The second kappa shape index (κ2) is 7.13. The third-order valence-electron chi connectivity index (χ3n) is 2.94. The predicted octanol–water partition coefficient (Wildman–Crippen LogP) is 1.20. The van der Waals surface area contributed by atoms with Crippen molar-refractivity contribution in [3.8, 4) is 5.75 Å². The van der Waals surface area contributed by atoms with E-state index in [1.165, 1.54) is 6.92 Å². The first-order valence-electron chi connectivity index (χ1n) is 6.64. The number of ether oxygens (including phenoxy) is 2. The van der Waals surface area contributed by atoms with Gasteiger partial charge in [-0.15, -0.1) is 0 Å². The van der Waals surface area contributed by atoms with E-state index < -0.39 is 30.6 Å². The van der Waals surface area contributed by atoms with Crippen molar-refractivity contribution < 1.29 is 23.9 Å². The molecule has 8 heteroatoms. The minimum atomic E-state index is -0.904. The molecule has 0 aromatic heterocycles. The van der Waals surface area contributed by atoms with Gasteiger partial charge in [0.25, 0.3) is 5.91 Å². The molecule has 0 radical (unpaired) electrons. The second-order valence-electron chi connectivity index (χ2n) is 4.60. The Morgan fingerprint density at radius 2 is 2.23 bits per heavy atom. The average molecular weight is 327 g/mol. The van der Waals surface area contributed by atoms with Crippen molar-refractivity contribution in [1.29, 1.82) is 0 Å². The summed E-state index contributed by atoms with van der Waals surface area (Å²) in [7, 11) is 0. The van der Waals surface area contributed by atoms with E-state index in [1.54, 1.807) is 24.3 Å². The van der Waals surface area contributed by atoms with Crippen LogP contribution in [-0.2, 0) is 14.3 Å². The third kappa shape index (κ3) is 4.11. The van der Waals surface area contributed by atoms with E-state index in [4.69, 9.17) is 21.1 Å². The van der Waals surface area contributed by atoms with Gasteiger partial charge in [-0.1, -0.05) is 17.7 Å². The van der Waals surface area contributed by atoms with E-state index in [0.29, 0.717) is 17.3 Å². The van der Waals surface area contributed by atoms with Crippen LogP contribution in [0.15, 0.2) is 24.3 Å². The zero-order chi connectivity index (χ0) is 16.1. The number of esters is 1. The number of rotatable bonds is 5. The Kier molecular flexibility index (Phi) is 5.21. The quantitative estimate of drug-likeness (QED) is 0.822. The van der Waals surface area contributed by atoms with Crippen LogP contribution in [0.25, 0.3) is 0 Å². The minimum absolute atomic E-state index is 0.268. The third-order valence-corrected chi connectivity index (χ3v) is 3.17. The van der Waals surface area contributed by atoms with E-state index in [-0.39, 0.29) is 6.54 Å². The van der Waals surface area contributed by atoms with Crippen LogP contribution < -0.4 is 10.1 Å². The van der Waals surface area contributed by atoms with E-state index in [1.807, 2.05) is 0 Å². The van der Waals surface area contributed by atoms with Gasteiger partial charge in [0.05, 0.1) is 0 Å². The van der Waals surface area contributed by atoms with Crippen LogP contribution in [0.2, 0.25) is 5.02 Å². The Labute approximate surface area is 132 Å². The monoisotopic (exact) mass is 326 g/mol. The Morgan fingerprint density at radius 3 is 2.86 bits per heavy atom. The first kappa shape index (κ1) is 16.1. The molecule has 22 heavy (non-hydrogen) atoms. The molecule has 1 fully saturated rings. The van der Waals surface area contributed by atoms with E-state index >= 15 is 0 Å². The summed E-state index contributed by atoms with van der Waals surface area (Å²) >= 11 is 5.81. The van der Waals surface area contributed by atoms with Crippen LogP contribution in [0.1, 0.15) is 6.92 Å². The number of amides is 3. The molecule has 3 amide bonds. The highest BCUT2D eigenvalue weighted by Gasteiger charge is 2.27. The van der Waals surface area contributed by atoms with Gasteiger partial charge in [0.1, 0.15) is 5.75 Å². The molecular formula is C14H15ClN2O5. The summed E-state index contributed by atoms with van der Waals surface area (Å²) in [5.74, 6) is -0.853. The van der Waals surface area contributed by atoms with Crippen molar-refractivity contribution in [2.45, 2.75) is 13.0 Å². The summed E-state index contributed by atoms with van der Waals surface area (Å²) in [5.41, 5.74) is 0. The van der Waals surface area contributed by atoms with Crippen LogP contribution in [-0.4, -0.2) is 48.6 Å². The number of carbonyl (C=O) groups is 3. The lowest BCUT2D eigenvalue weighted by Gasteiger charge is -2.15. The molecule has 0 unspecified atom stereocenters. The molecule has 1 saturated heterocycles. The van der Waals surface area contributed by atoms with Gasteiger partial charge in [-0.3, -0.25) is 9.69 Å². The number of imide groups is 1. The lowest BCUT2D eigenvalue weighted by atomic mass is 10.3. The SMILES string of the molecule is C[C@H](Oc1cccc(Cl)c1)C(=O)OCC(=O)N1CCNC1=O. The molecule has 0 saturated carbocycles. The zero-order valence-electron chi connectivity index (χ0n) is 11.9. The largest absolute Gasteiger partial charge is 0.479 e. The van der Waals surface area contributed by atoms with Gasteiger partial charge in [0.15, 0.2) is 12.7 Å². The molecule has 118 valence electrons. The summed E-state index contributed by atoms with van der Waals surface area (Å²) in [6.45, 7) is 1.66. The molecule has 1 aliphatic rings. The van der Waals surface area contributed by atoms with Crippen molar-refractivity contribution in [3.63, 3.8) is 0 Å². The van der Waals surface area contributed by atoms with Crippen LogP contribution >= 0.6 is 11.6 Å². The van der Waals surface area contributed by atoms with Crippen molar-refractivity contribution in [2.24, 2.45) is 0 Å². The Morgan fingerprint density at radius 1 is 1.45 bits per heavy atom. The number of benzene rings is 1. The van der Waals surface area contributed by atoms with Gasteiger partial charge in [-0.2, -0.15) is 0 Å². The minimum Gasteiger partial charge on any atom is -0.479 e. The number of halogens is 1. The summed E-state index contributed by atoms with van der Waals surface area (Å²) in [5, 5.41) is 2.97. The van der Waals surface area contributed by atoms with Gasteiger partial charge in [0, 0.05) is 18.1 Å². The Bertz CT molecular complexity index is 592. The molecule has 7 nitrogen and oxygen atoms in total. The first-order valence-corrected chi connectivity index (χ1v) is 7.02. The van der Waals surface area contributed by atoms with Crippen molar-refractivity contribution in [1.82, 2.24) is 10.2 Å². The summed E-state index contributed by atoms with van der Waals surface area (Å²) in [6, 6.07) is 6.09. The van der Waals surface area contributed by atoms with Crippen LogP contribution in [0.4, 0.5) is 4.79 Å². The molecule has 1 aliphatic heterocycles. The fourth-order valence-electron chi connectivity index (χ4n) is 1.83.